The van der Waals surface area contributed by atoms with Crippen molar-refractivity contribution in [3.8, 4) is 0 Å². The van der Waals surface area contributed by atoms with Gasteiger partial charge in [0.1, 0.15) is 6.04 Å². The van der Waals surface area contributed by atoms with Gasteiger partial charge in [0, 0.05) is 6.04 Å². The number of sulfonamides is 1. The Morgan fingerprint density at radius 3 is 2.32 bits per heavy atom. The number of carbonyl (C=O) groups excluding carboxylic acids is 1. The van der Waals surface area contributed by atoms with Crippen molar-refractivity contribution in [1.29, 1.82) is 0 Å². The molecule has 1 aliphatic heterocycles. The number of likely N-dealkylation sites (tertiary alicyclic amines) is 1. The summed E-state index contributed by atoms with van der Waals surface area (Å²) in [6.45, 7) is 5.66. The second-order valence-electron chi connectivity index (χ2n) is 6.90. The number of piperidine rings is 1. The molecule has 1 aromatic rings. The van der Waals surface area contributed by atoms with Gasteiger partial charge in [-0.25, -0.2) is 8.42 Å². The zero-order chi connectivity index (χ0) is 18.6. The van der Waals surface area contributed by atoms with Gasteiger partial charge >= 0.3 is 0 Å². The highest BCUT2D eigenvalue weighted by atomic mass is 32.2. The second kappa shape index (κ2) is 8.19. The first kappa shape index (κ1) is 19.7. The third-order valence-electron chi connectivity index (χ3n) is 4.68. The molecule has 0 spiro atoms. The molecule has 0 saturated carbocycles. The number of hydrogen-bond donors (Lipinski definition) is 1. The van der Waals surface area contributed by atoms with Crippen LogP contribution in [-0.4, -0.2) is 57.7 Å². The highest BCUT2D eigenvalue weighted by molar-refractivity contribution is 7.92. The van der Waals surface area contributed by atoms with Gasteiger partial charge in [0.25, 0.3) is 0 Å². The molecule has 0 radical (unpaired) electrons. The van der Waals surface area contributed by atoms with Crippen LogP contribution < -0.4 is 9.62 Å². The maximum atomic E-state index is 12.8. The van der Waals surface area contributed by atoms with E-state index in [9.17, 15) is 13.2 Å². The minimum atomic E-state index is -3.57. The van der Waals surface area contributed by atoms with E-state index >= 15 is 0 Å². The highest BCUT2D eigenvalue weighted by Gasteiger charge is 2.32. The van der Waals surface area contributed by atoms with Gasteiger partial charge in [0.15, 0.2) is 0 Å². The van der Waals surface area contributed by atoms with Crippen LogP contribution in [0.2, 0.25) is 0 Å². The van der Waals surface area contributed by atoms with Crippen molar-refractivity contribution in [2.24, 2.45) is 0 Å². The van der Waals surface area contributed by atoms with Crippen molar-refractivity contribution in [2.75, 3.05) is 30.7 Å². The van der Waals surface area contributed by atoms with Crippen LogP contribution in [0.3, 0.4) is 0 Å². The molecular formula is C18H29N3O3S. The Labute approximate surface area is 151 Å². The third kappa shape index (κ3) is 5.19. The molecule has 0 bridgehead atoms. The van der Waals surface area contributed by atoms with Crippen molar-refractivity contribution in [3.63, 3.8) is 0 Å². The van der Waals surface area contributed by atoms with E-state index in [0.29, 0.717) is 12.1 Å². The molecule has 1 saturated heterocycles. The van der Waals surface area contributed by atoms with Crippen LogP contribution in [0.15, 0.2) is 24.3 Å². The van der Waals surface area contributed by atoms with Crippen molar-refractivity contribution in [2.45, 2.75) is 45.2 Å². The standard InChI is InChI=1S/C18H29N3O3S/c1-5-17(18(22)19-15-10-12-20(3)13-11-15)21(25(4,23)24)16-8-6-14(2)7-9-16/h6-9,15,17H,5,10-13H2,1-4H3,(H,19,22)/t17-/m1/s1. The van der Waals surface area contributed by atoms with Crippen molar-refractivity contribution in [1.82, 2.24) is 10.2 Å². The van der Waals surface area contributed by atoms with Gasteiger partial charge in [0.05, 0.1) is 11.9 Å². The summed E-state index contributed by atoms with van der Waals surface area (Å²) in [5.74, 6) is -0.219. The Morgan fingerprint density at radius 1 is 1.28 bits per heavy atom. The Balaban J connectivity index is 2.21. The second-order valence-corrected chi connectivity index (χ2v) is 8.76. The monoisotopic (exact) mass is 367 g/mol. The Kier molecular flexibility index (Phi) is 6.46. The molecule has 0 unspecified atom stereocenters. The zero-order valence-electron chi connectivity index (χ0n) is 15.5. The van der Waals surface area contributed by atoms with Crippen LogP contribution in [0, 0.1) is 6.92 Å². The Morgan fingerprint density at radius 2 is 1.84 bits per heavy atom. The van der Waals surface area contributed by atoms with Gasteiger partial charge in [-0.15, -0.1) is 0 Å². The molecule has 140 valence electrons. The molecule has 1 atom stereocenters. The molecule has 7 heteroatoms. The lowest BCUT2D eigenvalue weighted by Gasteiger charge is -2.34. The maximum Gasteiger partial charge on any atom is 0.244 e. The smallest absolute Gasteiger partial charge is 0.244 e. The number of benzene rings is 1. The maximum absolute atomic E-state index is 12.8. The fourth-order valence-corrected chi connectivity index (χ4v) is 4.41. The fraction of sp³-hybridized carbons (Fsp3) is 0.611. The number of carbonyl (C=O) groups is 1. The SMILES string of the molecule is CC[C@H](C(=O)NC1CCN(C)CC1)N(c1ccc(C)cc1)S(C)(=O)=O. The highest BCUT2D eigenvalue weighted by Crippen LogP contribution is 2.23. The van der Waals surface area contributed by atoms with E-state index in [1.165, 1.54) is 4.31 Å². The quantitative estimate of drug-likeness (QED) is 0.832. The summed E-state index contributed by atoms with van der Waals surface area (Å²) < 4.78 is 26.0. The lowest BCUT2D eigenvalue weighted by molar-refractivity contribution is -0.123. The molecule has 25 heavy (non-hydrogen) atoms. The molecule has 1 amide bonds. The minimum Gasteiger partial charge on any atom is -0.351 e. The summed E-state index contributed by atoms with van der Waals surface area (Å²) in [5, 5.41) is 3.05. The van der Waals surface area contributed by atoms with Crippen LogP contribution in [0.4, 0.5) is 5.69 Å². The number of nitrogens with one attached hydrogen (secondary N) is 1. The first-order valence-electron chi connectivity index (χ1n) is 8.77. The fourth-order valence-electron chi connectivity index (χ4n) is 3.20. The number of nitrogens with zero attached hydrogens (tertiary/aromatic N) is 2. The van der Waals surface area contributed by atoms with Gasteiger partial charge in [-0.2, -0.15) is 0 Å². The molecule has 0 aromatic heterocycles. The zero-order valence-corrected chi connectivity index (χ0v) is 16.3. The largest absolute Gasteiger partial charge is 0.351 e. The lowest BCUT2D eigenvalue weighted by atomic mass is 10.0. The average Bonchev–Trinajstić information content (AvgIpc) is 2.54. The van der Waals surface area contributed by atoms with E-state index < -0.39 is 16.1 Å². The molecule has 0 aliphatic carbocycles. The number of amides is 1. The summed E-state index contributed by atoms with van der Waals surface area (Å²) >= 11 is 0. The normalized spacial score (nSPS) is 17.9. The summed E-state index contributed by atoms with van der Waals surface area (Å²) in [5.41, 5.74) is 1.57. The number of anilines is 1. The van der Waals surface area contributed by atoms with Crippen LogP contribution in [0.25, 0.3) is 0 Å². The molecule has 1 heterocycles. The molecule has 1 aromatic carbocycles. The molecule has 1 fully saturated rings. The average molecular weight is 368 g/mol. The predicted octanol–water partition coefficient (Wildman–Crippen LogP) is 1.75. The van der Waals surface area contributed by atoms with Gasteiger partial charge in [0.2, 0.25) is 15.9 Å². The molecule has 1 aliphatic rings. The summed E-state index contributed by atoms with van der Waals surface area (Å²) in [7, 11) is -1.51. The van der Waals surface area contributed by atoms with E-state index in [4.69, 9.17) is 0 Å². The van der Waals surface area contributed by atoms with Gasteiger partial charge < -0.3 is 10.2 Å². The minimum absolute atomic E-state index is 0.108. The van der Waals surface area contributed by atoms with E-state index in [1.54, 1.807) is 12.1 Å². The number of hydrogen-bond acceptors (Lipinski definition) is 4. The molecule has 1 N–H and O–H groups in total. The number of rotatable bonds is 6. The lowest BCUT2D eigenvalue weighted by Crippen LogP contribution is -2.53. The summed E-state index contributed by atoms with van der Waals surface area (Å²) in [4.78, 5) is 15.1. The van der Waals surface area contributed by atoms with Crippen molar-refractivity contribution in [3.05, 3.63) is 29.8 Å². The van der Waals surface area contributed by atoms with E-state index in [1.807, 2.05) is 26.0 Å². The molecule has 2 rings (SSSR count). The van der Waals surface area contributed by atoms with Crippen molar-refractivity contribution < 1.29 is 13.2 Å². The van der Waals surface area contributed by atoms with Crippen LogP contribution in [-0.2, 0) is 14.8 Å². The van der Waals surface area contributed by atoms with Gasteiger partial charge in [-0.3, -0.25) is 9.10 Å². The Bertz CT molecular complexity index is 680. The summed E-state index contributed by atoms with van der Waals surface area (Å²) in [6, 6.07) is 6.59. The van der Waals surface area contributed by atoms with E-state index in [2.05, 4.69) is 17.3 Å². The number of aryl methyl sites for hydroxylation is 1. The summed E-state index contributed by atoms with van der Waals surface area (Å²) in [6.07, 6.45) is 3.35. The van der Waals surface area contributed by atoms with Gasteiger partial charge in [-0.1, -0.05) is 24.6 Å². The van der Waals surface area contributed by atoms with E-state index in [-0.39, 0.29) is 11.9 Å². The van der Waals surface area contributed by atoms with Crippen LogP contribution in [0.1, 0.15) is 31.7 Å². The Hall–Kier alpha value is -1.60. The van der Waals surface area contributed by atoms with Gasteiger partial charge in [-0.05, 0) is 58.5 Å². The topological polar surface area (TPSA) is 69.7 Å². The molecule has 6 nitrogen and oxygen atoms in total. The predicted molar refractivity (Wildman–Crippen MR) is 101 cm³/mol. The van der Waals surface area contributed by atoms with Crippen LogP contribution >= 0.6 is 0 Å². The first-order valence-corrected chi connectivity index (χ1v) is 10.6. The first-order chi connectivity index (χ1) is 11.7. The van der Waals surface area contributed by atoms with Crippen LogP contribution in [0.5, 0.6) is 0 Å². The van der Waals surface area contributed by atoms with E-state index in [0.717, 1.165) is 37.8 Å². The molecular weight excluding hydrogens is 338 g/mol. The third-order valence-corrected chi connectivity index (χ3v) is 5.86. The van der Waals surface area contributed by atoms with Crippen molar-refractivity contribution >= 4 is 21.6 Å².